The average molecular weight is 336 g/mol. The molecule has 0 fully saturated rings. The van der Waals surface area contributed by atoms with Crippen LogP contribution in [0.4, 0.5) is 0 Å². The van der Waals surface area contributed by atoms with Crippen LogP contribution in [0.3, 0.4) is 0 Å². The molecule has 1 aromatic heterocycles. The summed E-state index contributed by atoms with van der Waals surface area (Å²) in [4.78, 5) is 0. The van der Waals surface area contributed by atoms with Crippen molar-refractivity contribution in [3.8, 4) is 11.1 Å². The van der Waals surface area contributed by atoms with Gasteiger partial charge in [0.2, 0.25) is 0 Å². The van der Waals surface area contributed by atoms with E-state index in [4.69, 9.17) is 4.42 Å². The van der Waals surface area contributed by atoms with Crippen LogP contribution in [0.25, 0.3) is 33.1 Å². The summed E-state index contributed by atoms with van der Waals surface area (Å²) >= 11 is 0. The van der Waals surface area contributed by atoms with Gasteiger partial charge in [0.25, 0.3) is 0 Å². The molecule has 3 aromatic carbocycles. The Balaban J connectivity index is 1.65. The molecule has 1 aliphatic rings. The van der Waals surface area contributed by atoms with Gasteiger partial charge in [-0.2, -0.15) is 0 Å². The highest BCUT2D eigenvalue weighted by Crippen LogP contribution is 2.35. The van der Waals surface area contributed by atoms with Crippen LogP contribution in [0.15, 0.2) is 89.4 Å². The number of allylic oxidation sites excluding steroid dienone is 4. The number of hydrogen-bond donors (Lipinski definition) is 0. The van der Waals surface area contributed by atoms with E-state index in [-0.39, 0.29) is 0 Å². The van der Waals surface area contributed by atoms with E-state index in [1.807, 2.05) is 0 Å². The summed E-state index contributed by atoms with van der Waals surface area (Å²) in [5.74, 6) is 0.453. The van der Waals surface area contributed by atoms with Crippen LogP contribution in [0, 0.1) is 6.92 Å². The van der Waals surface area contributed by atoms with Gasteiger partial charge in [-0.1, -0.05) is 66.3 Å². The van der Waals surface area contributed by atoms with Crippen molar-refractivity contribution in [1.82, 2.24) is 0 Å². The van der Waals surface area contributed by atoms with Crippen molar-refractivity contribution >= 4 is 21.9 Å². The van der Waals surface area contributed by atoms with E-state index in [1.165, 1.54) is 33.0 Å². The molecule has 5 rings (SSSR count). The molecule has 1 heteroatoms. The van der Waals surface area contributed by atoms with Gasteiger partial charge in [0.15, 0.2) is 0 Å². The van der Waals surface area contributed by atoms with E-state index in [0.717, 1.165) is 17.6 Å². The molecule has 0 radical (unpaired) electrons. The van der Waals surface area contributed by atoms with Crippen molar-refractivity contribution in [2.24, 2.45) is 0 Å². The number of rotatable bonds is 2. The van der Waals surface area contributed by atoms with Gasteiger partial charge in [-0.3, -0.25) is 0 Å². The smallest absolute Gasteiger partial charge is 0.135 e. The fourth-order valence-electron chi connectivity index (χ4n) is 3.78. The zero-order valence-electron chi connectivity index (χ0n) is 14.8. The van der Waals surface area contributed by atoms with Crippen molar-refractivity contribution in [3.63, 3.8) is 0 Å². The molecule has 0 bridgehead atoms. The molecule has 1 heterocycles. The first-order valence-electron chi connectivity index (χ1n) is 9.14. The summed E-state index contributed by atoms with van der Waals surface area (Å²) in [5.41, 5.74) is 7.01. The molecule has 1 atom stereocenters. The molecule has 0 saturated carbocycles. The first kappa shape index (κ1) is 15.2. The quantitative estimate of drug-likeness (QED) is 0.378. The van der Waals surface area contributed by atoms with Crippen molar-refractivity contribution in [3.05, 3.63) is 96.1 Å². The highest BCUT2D eigenvalue weighted by molar-refractivity contribution is 6.06. The van der Waals surface area contributed by atoms with Gasteiger partial charge in [0, 0.05) is 16.7 Å². The molecule has 0 N–H and O–H groups in total. The van der Waals surface area contributed by atoms with E-state index >= 15 is 0 Å². The van der Waals surface area contributed by atoms with Gasteiger partial charge >= 0.3 is 0 Å². The van der Waals surface area contributed by atoms with Gasteiger partial charge < -0.3 is 4.42 Å². The first-order valence-corrected chi connectivity index (χ1v) is 9.14. The minimum atomic E-state index is 0.453. The predicted octanol–water partition coefficient (Wildman–Crippen LogP) is 7.16. The lowest BCUT2D eigenvalue weighted by molar-refractivity contribution is 0.668. The molecule has 26 heavy (non-hydrogen) atoms. The Hall–Kier alpha value is -3.06. The summed E-state index contributed by atoms with van der Waals surface area (Å²) in [7, 11) is 0. The fraction of sp³-hybridized carbons (Fsp3) is 0.120. The molecule has 0 saturated heterocycles. The summed E-state index contributed by atoms with van der Waals surface area (Å²) in [6.07, 6.45) is 9.84. The highest BCUT2D eigenvalue weighted by atomic mass is 16.3. The Morgan fingerprint density at radius 2 is 1.50 bits per heavy atom. The van der Waals surface area contributed by atoms with Crippen molar-refractivity contribution in [1.29, 1.82) is 0 Å². The SMILES string of the molecule is Cc1ccc(-c2ccc3oc4ccc(C5C=CC=CC5)cc4c3c2)cc1. The first-order chi connectivity index (χ1) is 12.8. The Morgan fingerprint density at radius 1 is 0.769 bits per heavy atom. The molecule has 126 valence electrons. The maximum absolute atomic E-state index is 6.07. The third kappa shape index (κ3) is 2.57. The van der Waals surface area contributed by atoms with Crippen molar-refractivity contribution in [2.45, 2.75) is 19.3 Å². The van der Waals surface area contributed by atoms with Crippen molar-refractivity contribution < 1.29 is 4.42 Å². The molecule has 0 aliphatic heterocycles. The van der Waals surface area contributed by atoms with Gasteiger partial charge in [-0.05, 0) is 54.3 Å². The van der Waals surface area contributed by atoms with Crippen molar-refractivity contribution in [2.75, 3.05) is 0 Å². The summed E-state index contributed by atoms with van der Waals surface area (Å²) in [5, 5.41) is 2.39. The molecule has 4 aromatic rings. The minimum Gasteiger partial charge on any atom is -0.456 e. The molecule has 0 amide bonds. The fourth-order valence-corrected chi connectivity index (χ4v) is 3.78. The van der Waals surface area contributed by atoms with Crippen LogP contribution in [-0.2, 0) is 0 Å². The van der Waals surface area contributed by atoms with Gasteiger partial charge in [-0.15, -0.1) is 0 Å². The van der Waals surface area contributed by atoms with E-state index in [1.54, 1.807) is 0 Å². The second-order valence-electron chi connectivity index (χ2n) is 7.09. The third-order valence-corrected chi connectivity index (χ3v) is 5.29. The molecular weight excluding hydrogens is 316 g/mol. The number of fused-ring (bicyclic) bond motifs is 3. The van der Waals surface area contributed by atoms with Crippen LogP contribution < -0.4 is 0 Å². The number of aryl methyl sites for hydroxylation is 1. The largest absolute Gasteiger partial charge is 0.456 e. The Morgan fingerprint density at radius 3 is 2.27 bits per heavy atom. The number of benzene rings is 3. The lowest BCUT2D eigenvalue weighted by Gasteiger charge is -2.13. The van der Waals surface area contributed by atoms with Gasteiger partial charge in [-0.25, -0.2) is 0 Å². The van der Waals surface area contributed by atoms with Crippen LogP contribution in [0.2, 0.25) is 0 Å². The maximum Gasteiger partial charge on any atom is 0.135 e. The minimum absolute atomic E-state index is 0.453. The van der Waals surface area contributed by atoms with Gasteiger partial charge in [0.05, 0.1) is 0 Å². The molecule has 1 nitrogen and oxygen atoms in total. The lowest BCUT2D eigenvalue weighted by atomic mass is 9.91. The average Bonchev–Trinajstić information content (AvgIpc) is 3.06. The van der Waals surface area contributed by atoms with Crippen LogP contribution in [0.1, 0.15) is 23.5 Å². The van der Waals surface area contributed by atoms with Crippen LogP contribution in [-0.4, -0.2) is 0 Å². The summed E-state index contributed by atoms with van der Waals surface area (Å²) < 4.78 is 6.07. The number of hydrogen-bond acceptors (Lipinski definition) is 1. The Bertz CT molecular complexity index is 1160. The lowest BCUT2D eigenvalue weighted by Crippen LogP contribution is -1.95. The second-order valence-corrected chi connectivity index (χ2v) is 7.09. The van der Waals surface area contributed by atoms with Crippen LogP contribution in [0.5, 0.6) is 0 Å². The molecule has 0 spiro atoms. The highest BCUT2D eigenvalue weighted by Gasteiger charge is 2.13. The maximum atomic E-state index is 6.07. The third-order valence-electron chi connectivity index (χ3n) is 5.29. The standard InChI is InChI=1S/C25H20O/c1-17-7-9-19(10-8-17)21-12-14-25-23(16-21)22-15-20(11-13-24(22)26-25)18-5-3-2-4-6-18/h2-5,7-16,18H,6H2,1H3. The summed E-state index contributed by atoms with van der Waals surface area (Å²) in [6.45, 7) is 2.12. The monoisotopic (exact) mass is 336 g/mol. The predicted molar refractivity (Wildman–Crippen MR) is 110 cm³/mol. The zero-order chi connectivity index (χ0) is 17.5. The van der Waals surface area contributed by atoms with Gasteiger partial charge in [0.1, 0.15) is 11.2 Å². The zero-order valence-corrected chi connectivity index (χ0v) is 14.8. The number of furan rings is 1. The van der Waals surface area contributed by atoms with E-state index in [0.29, 0.717) is 5.92 Å². The molecular formula is C25H20O. The van der Waals surface area contributed by atoms with Crippen LogP contribution >= 0.6 is 0 Å². The second kappa shape index (κ2) is 6.03. The normalized spacial score (nSPS) is 16.6. The Labute approximate surface area is 153 Å². The van der Waals surface area contributed by atoms with E-state index in [2.05, 4.69) is 91.9 Å². The molecule has 1 aliphatic carbocycles. The molecule has 1 unspecified atom stereocenters. The van der Waals surface area contributed by atoms with E-state index < -0.39 is 0 Å². The van der Waals surface area contributed by atoms with E-state index in [9.17, 15) is 0 Å². The summed E-state index contributed by atoms with van der Waals surface area (Å²) in [6, 6.07) is 21.8. The Kier molecular flexibility index (Phi) is 3.53. The topological polar surface area (TPSA) is 13.1 Å².